The first-order chi connectivity index (χ1) is 13.3. The zero-order valence-corrected chi connectivity index (χ0v) is 15.5. The summed E-state index contributed by atoms with van der Waals surface area (Å²) in [5.41, 5.74) is 5.24. The molecule has 5 amide bonds. The lowest BCUT2D eigenvalue weighted by molar-refractivity contribution is -0.137. The zero-order valence-electron chi connectivity index (χ0n) is 15.5. The second-order valence-electron chi connectivity index (χ2n) is 6.23. The van der Waals surface area contributed by atoms with Gasteiger partial charge >= 0.3 is 6.03 Å². The van der Waals surface area contributed by atoms with Crippen molar-refractivity contribution >= 4 is 23.8 Å². The van der Waals surface area contributed by atoms with E-state index in [1.54, 1.807) is 0 Å². The fourth-order valence-corrected chi connectivity index (χ4v) is 2.96. The van der Waals surface area contributed by atoms with Gasteiger partial charge in [0.2, 0.25) is 11.8 Å². The van der Waals surface area contributed by atoms with Crippen LogP contribution in [0.4, 0.5) is 4.79 Å². The lowest BCUT2D eigenvalue weighted by atomic mass is 10.1. The van der Waals surface area contributed by atoms with Gasteiger partial charge in [-0.15, -0.1) is 6.58 Å². The highest BCUT2D eigenvalue weighted by molar-refractivity contribution is 5.97. The topological polar surface area (TPSA) is 151 Å². The summed E-state index contributed by atoms with van der Waals surface area (Å²) in [7, 11) is 1.41. The van der Waals surface area contributed by atoms with Crippen LogP contribution in [0.25, 0.3) is 0 Å². The number of carbonyl (C=O) groups excluding carboxylic acids is 4. The minimum atomic E-state index is -1.01. The Hall–Kier alpha value is -3.50. The summed E-state index contributed by atoms with van der Waals surface area (Å²) in [6.45, 7) is 3.68. The van der Waals surface area contributed by atoms with E-state index in [0.29, 0.717) is 6.42 Å². The number of nitrogens with one attached hydrogen (secondary N) is 2. The van der Waals surface area contributed by atoms with Gasteiger partial charge in [0.15, 0.2) is 0 Å². The van der Waals surface area contributed by atoms with Crippen LogP contribution >= 0.6 is 0 Å². The Morgan fingerprint density at radius 3 is 2.75 bits per heavy atom. The van der Waals surface area contributed by atoms with Gasteiger partial charge in [-0.2, -0.15) is 0 Å². The molecule has 0 bridgehead atoms. The van der Waals surface area contributed by atoms with Crippen molar-refractivity contribution in [1.29, 1.82) is 0 Å². The van der Waals surface area contributed by atoms with E-state index in [9.17, 15) is 19.2 Å². The molecule has 2 atom stereocenters. The number of rotatable bonds is 7. The third-order valence-electron chi connectivity index (χ3n) is 4.19. The molecule has 1 aromatic heterocycles. The van der Waals surface area contributed by atoms with E-state index in [4.69, 9.17) is 5.73 Å². The molecule has 1 fully saturated rings. The number of nitrogens with zero attached hydrogens (tertiary/aromatic N) is 4. The lowest BCUT2D eigenvalue weighted by Gasteiger charge is -2.30. The molecule has 28 heavy (non-hydrogen) atoms. The zero-order chi connectivity index (χ0) is 20.7. The van der Waals surface area contributed by atoms with Crippen molar-refractivity contribution in [2.45, 2.75) is 18.5 Å². The van der Waals surface area contributed by atoms with E-state index in [0.717, 1.165) is 4.90 Å². The van der Waals surface area contributed by atoms with E-state index in [1.165, 1.54) is 36.6 Å². The molecular weight excluding hydrogens is 366 g/mol. The first kappa shape index (κ1) is 20.8. The molecule has 11 heteroatoms. The van der Waals surface area contributed by atoms with Gasteiger partial charge in [-0.25, -0.2) is 9.78 Å². The van der Waals surface area contributed by atoms with E-state index in [-0.39, 0.29) is 25.3 Å². The third kappa shape index (κ3) is 5.02. The van der Waals surface area contributed by atoms with Crippen LogP contribution < -0.4 is 16.4 Å². The van der Waals surface area contributed by atoms with Crippen LogP contribution in [0, 0.1) is 0 Å². The van der Waals surface area contributed by atoms with Crippen LogP contribution in [0.5, 0.6) is 0 Å². The Bertz CT molecular complexity index is 755. The average Bonchev–Trinajstić information content (AvgIpc) is 3.08. The molecule has 2 rings (SSSR count). The Morgan fingerprint density at radius 2 is 2.14 bits per heavy atom. The summed E-state index contributed by atoms with van der Waals surface area (Å²) in [5, 5.41) is 5.26. The van der Waals surface area contributed by atoms with E-state index in [1.807, 2.05) is 0 Å². The SMILES string of the molecule is C=CCNC(=O)NC1CCN(C(=O)c2cnccn2)C1C(=O)N(C)CC(N)=O. The number of likely N-dealkylation sites (N-methyl/N-ethyl adjacent to an activating group) is 1. The summed E-state index contributed by atoms with van der Waals surface area (Å²) in [6.07, 6.45) is 5.97. The third-order valence-corrected chi connectivity index (χ3v) is 4.19. The highest BCUT2D eigenvalue weighted by atomic mass is 16.2. The van der Waals surface area contributed by atoms with Crippen LogP contribution in [0.1, 0.15) is 16.9 Å². The van der Waals surface area contributed by atoms with Crippen molar-refractivity contribution in [2.75, 3.05) is 26.7 Å². The molecule has 0 aromatic carbocycles. The number of nitrogens with two attached hydrogens (primary N) is 1. The van der Waals surface area contributed by atoms with Crippen LogP contribution in [0.15, 0.2) is 31.2 Å². The number of urea groups is 1. The maximum atomic E-state index is 12.9. The van der Waals surface area contributed by atoms with Gasteiger partial charge < -0.3 is 26.2 Å². The highest BCUT2D eigenvalue weighted by Crippen LogP contribution is 2.22. The standard InChI is InChI=1S/C17H23N7O4/c1-3-5-21-17(28)22-11-4-8-24(15(26)12-9-19-6-7-20-12)14(11)16(27)23(2)10-13(18)25/h3,6-7,9,11,14H,1,4-5,8,10H2,2H3,(H2,18,25)(H2,21,22,28). The molecular formula is C17H23N7O4. The number of amides is 5. The highest BCUT2D eigenvalue weighted by Gasteiger charge is 2.44. The molecule has 0 saturated carbocycles. The monoisotopic (exact) mass is 389 g/mol. The predicted octanol–water partition coefficient (Wildman–Crippen LogP) is -1.51. The molecule has 4 N–H and O–H groups in total. The van der Waals surface area contributed by atoms with Crippen molar-refractivity contribution in [3.63, 3.8) is 0 Å². The Balaban J connectivity index is 2.24. The fourth-order valence-electron chi connectivity index (χ4n) is 2.96. The van der Waals surface area contributed by atoms with Crippen LogP contribution in [-0.4, -0.2) is 82.3 Å². The molecule has 2 unspecified atom stereocenters. The Morgan fingerprint density at radius 1 is 1.39 bits per heavy atom. The van der Waals surface area contributed by atoms with E-state index in [2.05, 4.69) is 27.2 Å². The molecule has 1 aliphatic heterocycles. The molecule has 1 saturated heterocycles. The predicted molar refractivity (Wildman–Crippen MR) is 98.8 cm³/mol. The maximum absolute atomic E-state index is 12.9. The quantitative estimate of drug-likeness (QED) is 0.482. The smallest absolute Gasteiger partial charge is 0.315 e. The van der Waals surface area contributed by atoms with Crippen molar-refractivity contribution < 1.29 is 19.2 Å². The second kappa shape index (κ2) is 9.44. The molecule has 0 spiro atoms. The summed E-state index contributed by atoms with van der Waals surface area (Å²) in [4.78, 5) is 59.3. The van der Waals surface area contributed by atoms with Crippen molar-refractivity contribution in [1.82, 2.24) is 30.4 Å². The Kier molecular flexibility index (Phi) is 7.02. The number of primary amides is 1. The number of aromatic nitrogens is 2. The molecule has 2 heterocycles. The first-order valence-electron chi connectivity index (χ1n) is 8.60. The van der Waals surface area contributed by atoms with Gasteiger partial charge in [0.25, 0.3) is 5.91 Å². The Labute approximate surface area is 162 Å². The number of likely N-dealkylation sites (tertiary alicyclic amines) is 1. The molecule has 1 aromatic rings. The molecule has 1 aliphatic rings. The molecule has 11 nitrogen and oxygen atoms in total. The summed E-state index contributed by atoms with van der Waals surface area (Å²) < 4.78 is 0. The van der Waals surface area contributed by atoms with Crippen molar-refractivity contribution in [2.24, 2.45) is 5.73 Å². The minimum Gasteiger partial charge on any atom is -0.368 e. The van der Waals surface area contributed by atoms with Gasteiger partial charge in [0.1, 0.15) is 11.7 Å². The average molecular weight is 389 g/mol. The van der Waals surface area contributed by atoms with Gasteiger partial charge in [-0.05, 0) is 6.42 Å². The van der Waals surface area contributed by atoms with Crippen molar-refractivity contribution in [3.05, 3.63) is 36.9 Å². The molecule has 0 radical (unpaired) electrons. The van der Waals surface area contributed by atoms with Crippen LogP contribution in [-0.2, 0) is 9.59 Å². The maximum Gasteiger partial charge on any atom is 0.315 e. The number of hydrogen-bond acceptors (Lipinski definition) is 6. The second-order valence-corrected chi connectivity index (χ2v) is 6.23. The van der Waals surface area contributed by atoms with Crippen LogP contribution in [0.2, 0.25) is 0 Å². The first-order valence-corrected chi connectivity index (χ1v) is 8.60. The molecule has 150 valence electrons. The summed E-state index contributed by atoms with van der Waals surface area (Å²) in [6, 6.07) is -2.14. The summed E-state index contributed by atoms with van der Waals surface area (Å²) >= 11 is 0. The summed E-state index contributed by atoms with van der Waals surface area (Å²) in [5.74, 6) is -1.69. The number of carbonyl (C=O) groups is 4. The van der Waals surface area contributed by atoms with Gasteiger partial charge in [0, 0.05) is 32.5 Å². The largest absolute Gasteiger partial charge is 0.368 e. The van der Waals surface area contributed by atoms with Gasteiger partial charge in [0.05, 0.1) is 18.8 Å². The minimum absolute atomic E-state index is 0.0783. The lowest BCUT2D eigenvalue weighted by Crippen LogP contribution is -2.57. The number of hydrogen-bond donors (Lipinski definition) is 3. The van der Waals surface area contributed by atoms with E-state index >= 15 is 0 Å². The normalized spacial score (nSPS) is 18.2. The van der Waals surface area contributed by atoms with E-state index < -0.39 is 35.8 Å². The van der Waals surface area contributed by atoms with Gasteiger partial charge in [-0.1, -0.05) is 6.08 Å². The van der Waals surface area contributed by atoms with Crippen LogP contribution in [0.3, 0.4) is 0 Å². The van der Waals surface area contributed by atoms with Gasteiger partial charge in [-0.3, -0.25) is 19.4 Å². The molecule has 0 aliphatic carbocycles. The van der Waals surface area contributed by atoms with Crippen molar-refractivity contribution in [3.8, 4) is 0 Å². The fraction of sp³-hybridized carbons (Fsp3) is 0.412.